The minimum atomic E-state index is 0.467. The fraction of sp³-hybridized carbons (Fsp3) is 0.474. The van der Waals surface area contributed by atoms with Crippen molar-refractivity contribution in [3.05, 3.63) is 58.3 Å². The number of allylic oxidation sites excluding steroid dienone is 6. The SMILES string of the molecule is C/C=C(Cc1ncc(C)c(C)n1)\C(CC(C)/C=C/C)=C(\C)N. The van der Waals surface area contributed by atoms with Crippen LogP contribution in [0.1, 0.15) is 51.2 Å². The first-order valence-corrected chi connectivity index (χ1v) is 7.91. The second-order valence-electron chi connectivity index (χ2n) is 5.91. The van der Waals surface area contributed by atoms with Crippen molar-refractivity contribution in [1.82, 2.24) is 9.97 Å². The van der Waals surface area contributed by atoms with Crippen molar-refractivity contribution in [1.29, 1.82) is 0 Å². The van der Waals surface area contributed by atoms with E-state index in [1.165, 1.54) is 11.1 Å². The van der Waals surface area contributed by atoms with E-state index in [9.17, 15) is 0 Å². The summed E-state index contributed by atoms with van der Waals surface area (Å²) in [4.78, 5) is 9.04. The summed E-state index contributed by atoms with van der Waals surface area (Å²) in [7, 11) is 0. The highest BCUT2D eigenvalue weighted by atomic mass is 14.9. The van der Waals surface area contributed by atoms with Crippen molar-refractivity contribution in [2.24, 2.45) is 11.7 Å². The molecule has 1 aromatic rings. The Morgan fingerprint density at radius 2 is 2.00 bits per heavy atom. The lowest BCUT2D eigenvalue weighted by molar-refractivity contribution is 0.707. The Bertz CT molecular complexity index is 591. The number of hydrogen-bond acceptors (Lipinski definition) is 3. The molecule has 0 saturated carbocycles. The third kappa shape index (κ3) is 5.14. The number of aromatic nitrogens is 2. The van der Waals surface area contributed by atoms with E-state index in [0.29, 0.717) is 5.92 Å². The van der Waals surface area contributed by atoms with Crippen LogP contribution >= 0.6 is 0 Å². The summed E-state index contributed by atoms with van der Waals surface area (Å²) in [6.07, 6.45) is 10.00. The van der Waals surface area contributed by atoms with Gasteiger partial charge in [0.25, 0.3) is 0 Å². The maximum atomic E-state index is 6.14. The zero-order chi connectivity index (χ0) is 16.7. The minimum absolute atomic E-state index is 0.467. The van der Waals surface area contributed by atoms with Crippen LogP contribution in [0, 0.1) is 19.8 Å². The molecule has 0 radical (unpaired) electrons. The number of rotatable bonds is 6. The zero-order valence-corrected chi connectivity index (χ0v) is 14.8. The summed E-state index contributed by atoms with van der Waals surface area (Å²) in [6.45, 7) is 12.3. The Balaban J connectivity index is 3.01. The molecule has 3 nitrogen and oxygen atoms in total. The van der Waals surface area contributed by atoms with Crippen LogP contribution in [0.3, 0.4) is 0 Å². The molecule has 0 aliphatic carbocycles. The van der Waals surface area contributed by atoms with E-state index in [0.717, 1.165) is 35.6 Å². The van der Waals surface area contributed by atoms with E-state index in [2.05, 4.69) is 49.0 Å². The van der Waals surface area contributed by atoms with Gasteiger partial charge in [-0.25, -0.2) is 9.97 Å². The minimum Gasteiger partial charge on any atom is -0.402 e. The lowest BCUT2D eigenvalue weighted by atomic mass is 9.91. The smallest absolute Gasteiger partial charge is 0.132 e. The summed E-state index contributed by atoms with van der Waals surface area (Å²) in [6, 6.07) is 0. The monoisotopic (exact) mass is 299 g/mol. The first kappa shape index (κ1) is 18.1. The molecule has 1 heterocycles. The molecule has 0 amide bonds. The number of nitrogens with two attached hydrogens (primary N) is 1. The maximum absolute atomic E-state index is 6.14. The fourth-order valence-corrected chi connectivity index (χ4v) is 2.48. The van der Waals surface area contributed by atoms with Gasteiger partial charge in [0.2, 0.25) is 0 Å². The van der Waals surface area contributed by atoms with Crippen molar-refractivity contribution in [3.63, 3.8) is 0 Å². The average Bonchev–Trinajstić information content (AvgIpc) is 2.46. The molecule has 120 valence electrons. The molecular formula is C19H29N3. The van der Waals surface area contributed by atoms with Gasteiger partial charge in [-0.3, -0.25) is 0 Å². The topological polar surface area (TPSA) is 51.8 Å². The third-order valence-corrected chi connectivity index (χ3v) is 3.88. The van der Waals surface area contributed by atoms with Crippen molar-refractivity contribution in [2.45, 2.75) is 54.4 Å². The molecule has 0 aliphatic heterocycles. The standard InChI is InChI=1S/C19H29N3/c1-7-9-13(3)10-18(15(5)20)17(8-2)11-19-21-12-14(4)16(6)22-19/h7-9,12-13H,10-11,20H2,1-6H3/b9-7+,17-8-,18-15-. The first-order chi connectivity index (χ1) is 10.4. The lowest BCUT2D eigenvalue weighted by Gasteiger charge is -2.16. The normalized spacial score (nSPS) is 15.1. The van der Waals surface area contributed by atoms with Crippen molar-refractivity contribution >= 4 is 0 Å². The summed E-state index contributed by atoms with van der Waals surface area (Å²) in [5.74, 6) is 1.32. The van der Waals surface area contributed by atoms with Gasteiger partial charge in [-0.2, -0.15) is 0 Å². The van der Waals surface area contributed by atoms with Gasteiger partial charge in [-0.05, 0) is 63.7 Å². The Morgan fingerprint density at radius 1 is 1.32 bits per heavy atom. The van der Waals surface area contributed by atoms with Crippen LogP contribution in [-0.4, -0.2) is 9.97 Å². The summed E-state index contributed by atoms with van der Waals surface area (Å²) in [5, 5.41) is 0. The Labute approximate surface area is 135 Å². The van der Waals surface area contributed by atoms with Crippen LogP contribution in [0.25, 0.3) is 0 Å². The molecule has 1 aromatic heterocycles. The fourth-order valence-electron chi connectivity index (χ4n) is 2.48. The molecule has 22 heavy (non-hydrogen) atoms. The molecule has 1 atom stereocenters. The first-order valence-electron chi connectivity index (χ1n) is 7.91. The Kier molecular flexibility index (Phi) is 7.03. The summed E-state index contributed by atoms with van der Waals surface area (Å²) >= 11 is 0. The van der Waals surface area contributed by atoms with Gasteiger partial charge in [0.05, 0.1) is 0 Å². The van der Waals surface area contributed by atoms with Gasteiger partial charge >= 0.3 is 0 Å². The molecule has 1 unspecified atom stereocenters. The molecule has 2 N–H and O–H groups in total. The van der Waals surface area contributed by atoms with E-state index in [1.807, 2.05) is 27.0 Å². The van der Waals surface area contributed by atoms with E-state index in [1.54, 1.807) is 0 Å². The molecular weight excluding hydrogens is 270 g/mol. The van der Waals surface area contributed by atoms with Gasteiger partial charge in [0.15, 0.2) is 0 Å². The number of hydrogen-bond donors (Lipinski definition) is 1. The van der Waals surface area contributed by atoms with Gasteiger partial charge in [-0.15, -0.1) is 0 Å². The van der Waals surface area contributed by atoms with E-state index in [-0.39, 0.29) is 0 Å². The second-order valence-corrected chi connectivity index (χ2v) is 5.91. The molecule has 1 rings (SSSR count). The predicted molar refractivity (Wildman–Crippen MR) is 94.4 cm³/mol. The van der Waals surface area contributed by atoms with Crippen molar-refractivity contribution in [3.8, 4) is 0 Å². The van der Waals surface area contributed by atoms with E-state index < -0.39 is 0 Å². The quantitative estimate of drug-likeness (QED) is 0.625. The maximum Gasteiger partial charge on any atom is 0.132 e. The lowest BCUT2D eigenvalue weighted by Crippen LogP contribution is -2.09. The van der Waals surface area contributed by atoms with Crippen LogP contribution < -0.4 is 5.73 Å². The highest BCUT2D eigenvalue weighted by molar-refractivity contribution is 5.36. The number of aryl methyl sites for hydroxylation is 2. The molecule has 0 fully saturated rings. The predicted octanol–water partition coefficient (Wildman–Crippen LogP) is 4.42. The van der Waals surface area contributed by atoms with Gasteiger partial charge in [0, 0.05) is 24.0 Å². The van der Waals surface area contributed by atoms with Crippen LogP contribution in [0.2, 0.25) is 0 Å². The van der Waals surface area contributed by atoms with Crippen LogP contribution in [-0.2, 0) is 6.42 Å². The molecule has 0 aromatic carbocycles. The van der Waals surface area contributed by atoms with Gasteiger partial charge < -0.3 is 5.73 Å². The van der Waals surface area contributed by atoms with Crippen molar-refractivity contribution in [2.75, 3.05) is 0 Å². The highest BCUT2D eigenvalue weighted by Crippen LogP contribution is 2.24. The highest BCUT2D eigenvalue weighted by Gasteiger charge is 2.13. The third-order valence-electron chi connectivity index (χ3n) is 3.88. The largest absolute Gasteiger partial charge is 0.402 e. The van der Waals surface area contributed by atoms with E-state index in [4.69, 9.17) is 5.73 Å². The van der Waals surface area contributed by atoms with Crippen LogP contribution in [0.5, 0.6) is 0 Å². The molecule has 0 bridgehead atoms. The Morgan fingerprint density at radius 3 is 2.50 bits per heavy atom. The van der Waals surface area contributed by atoms with Crippen LogP contribution in [0.15, 0.2) is 41.3 Å². The average molecular weight is 299 g/mol. The molecule has 0 saturated heterocycles. The Hall–Kier alpha value is -1.90. The van der Waals surface area contributed by atoms with Crippen LogP contribution in [0.4, 0.5) is 0 Å². The summed E-state index contributed by atoms with van der Waals surface area (Å²) < 4.78 is 0. The molecule has 0 aliphatic rings. The van der Waals surface area contributed by atoms with E-state index >= 15 is 0 Å². The van der Waals surface area contributed by atoms with Gasteiger partial charge in [0.1, 0.15) is 5.82 Å². The second kappa shape index (κ2) is 8.52. The summed E-state index contributed by atoms with van der Waals surface area (Å²) in [5.41, 5.74) is 11.6. The number of nitrogens with zero attached hydrogens (tertiary/aromatic N) is 2. The molecule has 3 heteroatoms. The van der Waals surface area contributed by atoms with Gasteiger partial charge in [-0.1, -0.05) is 25.2 Å². The molecule has 0 spiro atoms. The van der Waals surface area contributed by atoms with Crippen molar-refractivity contribution < 1.29 is 0 Å². The zero-order valence-electron chi connectivity index (χ0n) is 14.8.